The van der Waals surface area contributed by atoms with E-state index in [1.165, 1.54) is 19.3 Å². The van der Waals surface area contributed by atoms with E-state index in [-0.39, 0.29) is 0 Å². The summed E-state index contributed by atoms with van der Waals surface area (Å²) in [4.78, 5) is 13.0. The van der Waals surface area contributed by atoms with Gasteiger partial charge in [-0.15, -0.1) is 11.3 Å². The fourth-order valence-corrected chi connectivity index (χ4v) is 4.14. The van der Waals surface area contributed by atoms with Gasteiger partial charge in [-0.3, -0.25) is 4.79 Å². The first-order valence-corrected chi connectivity index (χ1v) is 6.77. The smallest absolute Gasteiger partial charge is 0.141 e. The van der Waals surface area contributed by atoms with Crippen molar-refractivity contribution < 1.29 is 4.79 Å². The second kappa shape index (κ2) is 3.60. The molecule has 2 atom stereocenters. The van der Waals surface area contributed by atoms with Crippen LogP contribution in [0.2, 0.25) is 5.02 Å². The standard InChI is InChI=1S/C12H13ClOS/c13-9-4-5-15-11(9)6-10(14)12-7-2-1-3-8(7)12/h4-5,7-8,12H,1-3,6H2. The van der Waals surface area contributed by atoms with Gasteiger partial charge >= 0.3 is 0 Å². The van der Waals surface area contributed by atoms with Gasteiger partial charge < -0.3 is 0 Å². The predicted molar refractivity (Wildman–Crippen MR) is 62.4 cm³/mol. The van der Waals surface area contributed by atoms with Crippen molar-refractivity contribution in [3.05, 3.63) is 21.3 Å². The van der Waals surface area contributed by atoms with Gasteiger partial charge in [0, 0.05) is 17.2 Å². The quantitative estimate of drug-likeness (QED) is 0.790. The number of hydrogen-bond acceptors (Lipinski definition) is 2. The zero-order chi connectivity index (χ0) is 10.4. The molecule has 15 heavy (non-hydrogen) atoms. The largest absolute Gasteiger partial charge is 0.299 e. The van der Waals surface area contributed by atoms with E-state index in [9.17, 15) is 4.79 Å². The van der Waals surface area contributed by atoms with Crippen LogP contribution in [0.4, 0.5) is 0 Å². The van der Waals surface area contributed by atoms with E-state index in [0.29, 0.717) is 18.1 Å². The Morgan fingerprint density at radius 1 is 1.47 bits per heavy atom. The highest BCUT2D eigenvalue weighted by molar-refractivity contribution is 7.10. The summed E-state index contributed by atoms with van der Waals surface area (Å²) in [6, 6.07) is 1.88. The fraction of sp³-hybridized carbons (Fsp3) is 0.583. The van der Waals surface area contributed by atoms with E-state index in [0.717, 1.165) is 21.7 Å². The first kappa shape index (κ1) is 9.86. The normalized spacial score (nSPS) is 32.7. The molecule has 1 nitrogen and oxygen atoms in total. The maximum Gasteiger partial charge on any atom is 0.141 e. The molecule has 0 spiro atoms. The Balaban J connectivity index is 1.65. The van der Waals surface area contributed by atoms with Crippen molar-refractivity contribution in [3.8, 4) is 0 Å². The summed E-state index contributed by atoms with van der Waals surface area (Å²) in [5, 5.41) is 2.72. The minimum Gasteiger partial charge on any atom is -0.299 e. The van der Waals surface area contributed by atoms with Crippen LogP contribution < -0.4 is 0 Å². The average Bonchev–Trinajstić information content (AvgIpc) is 2.60. The van der Waals surface area contributed by atoms with E-state index in [4.69, 9.17) is 11.6 Å². The van der Waals surface area contributed by atoms with E-state index in [1.807, 2.05) is 11.4 Å². The summed E-state index contributed by atoms with van der Waals surface area (Å²) in [7, 11) is 0. The van der Waals surface area contributed by atoms with Crippen LogP contribution in [0.5, 0.6) is 0 Å². The molecular weight excluding hydrogens is 228 g/mol. The van der Waals surface area contributed by atoms with Gasteiger partial charge in [-0.1, -0.05) is 18.0 Å². The topological polar surface area (TPSA) is 17.1 Å². The SMILES string of the molecule is O=C(Cc1sccc1Cl)C1C2CCCC21. The molecule has 3 rings (SSSR count). The number of carbonyl (C=O) groups excluding carboxylic acids is 1. The first-order valence-electron chi connectivity index (χ1n) is 5.52. The van der Waals surface area contributed by atoms with Gasteiger partial charge in [0.2, 0.25) is 0 Å². The molecule has 1 heterocycles. The summed E-state index contributed by atoms with van der Waals surface area (Å²) < 4.78 is 0. The third-order valence-electron chi connectivity index (χ3n) is 3.80. The summed E-state index contributed by atoms with van der Waals surface area (Å²) in [6.07, 6.45) is 4.45. The van der Waals surface area contributed by atoms with Crippen LogP contribution in [0.3, 0.4) is 0 Å². The minimum absolute atomic E-state index is 0.386. The summed E-state index contributed by atoms with van der Waals surface area (Å²) in [5.41, 5.74) is 0. The number of halogens is 1. The van der Waals surface area contributed by atoms with E-state index in [1.54, 1.807) is 11.3 Å². The Labute approximate surface area is 98.4 Å². The van der Waals surface area contributed by atoms with Gasteiger partial charge in [-0.05, 0) is 36.1 Å². The molecule has 1 aromatic rings. The third kappa shape index (κ3) is 1.64. The second-order valence-corrected chi connectivity index (χ2v) is 6.03. The van der Waals surface area contributed by atoms with Crippen LogP contribution in [-0.4, -0.2) is 5.78 Å². The van der Waals surface area contributed by atoms with Crippen molar-refractivity contribution in [2.75, 3.05) is 0 Å². The Morgan fingerprint density at radius 3 is 2.80 bits per heavy atom. The van der Waals surface area contributed by atoms with E-state index in [2.05, 4.69) is 0 Å². The number of fused-ring (bicyclic) bond motifs is 1. The predicted octanol–water partition coefficient (Wildman–Crippen LogP) is 3.56. The molecule has 80 valence electrons. The van der Waals surface area contributed by atoms with Crippen molar-refractivity contribution >= 4 is 28.7 Å². The van der Waals surface area contributed by atoms with Gasteiger partial charge in [0.15, 0.2) is 0 Å². The molecule has 0 N–H and O–H groups in total. The van der Waals surface area contributed by atoms with Gasteiger partial charge in [0.1, 0.15) is 5.78 Å². The Kier molecular flexibility index (Phi) is 2.37. The lowest BCUT2D eigenvalue weighted by molar-refractivity contribution is -0.120. The fourth-order valence-electron chi connectivity index (χ4n) is 3.03. The Hall–Kier alpha value is -0.340. The molecule has 1 aromatic heterocycles. The highest BCUT2D eigenvalue weighted by Crippen LogP contribution is 2.58. The lowest BCUT2D eigenvalue weighted by Crippen LogP contribution is -2.08. The molecule has 0 bridgehead atoms. The molecular formula is C12H13ClOS. The summed E-state index contributed by atoms with van der Waals surface area (Å²) in [5.74, 6) is 2.28. The maximum atomic E-state index is 12.0. The van der Waals surface area contributed by atoms with Crippen LogP contribution in [0.25, 0.3) is 0 Å². The highest BCUT2D eigenvalue weighted by Gasteiger charge is 2.55. The number of Topliss-reactive ketones (excluding diaryl/α,β-unsaturated/α-hetero) is 1. The lowest BCUT2D eigenvalue weighted by atomic mass is 10.1. The van der Waals surface area contributed by atoms with Gasteiger partial charge in [0.25, 0.3) is 0 Å². The zero-order valence-electron chi connectivity index (χ0n) is 8.41. The van der Waals surface area contributed by atoms with Crippen molar-refractivity contribution in [2.45, 2.75) is 25.7 Å². The molecule has 0 aromatic carbocycles. The number of ketones is 1. The molecule has 0 saturated heterocycles. The van der Waals surface area contributed by atoms with E-state index < -0.39 is 0 Å². The third-order valence-corrected chi connectivity index (χ3v) is 5.19. The highest BCUT2D eigenvalue weighted by atomic mass is 35.5. The molecule has 0 radical (unpaired) electrons. The maximum absolute atomic E-state index is 12.0. The minimum atomic E-state index is 0.386. The molecule has 0 amide bonds. The molecule has 2 aliphatic carbocycles. The van der Waals surface area contributed by atoms with Gasteiger partial charge in [0.05, 0.1) is 5.02 Å². The van der Waals surface area contributed by atoms with Crippen molar-refractivity contribution in [2.24, 2.45) is 17.8 Å². The molecule has 2 saturated carbocycles. The monoisotopic (exact) mass is 240 g/mol. The number of thiophene rings is 1. The van der Waals surface area contributed by atoms with Gasteiger partial charge in [-0.25, -0.2) is 0 Å². The Morgan fingerprint density at radius 2 is 2.20 bits per heavy atom. The van der Waals surface area contributed by atoms with Gasteiger partial charge in [-0.2, -0.15) is 0 Å². The van der Waals surface area contributed by atoms with Crippen LogP contribution >= 0.6 is 22.9 Å². The zero-order valence-corrected chi connectivity index (χ0v) is 9.98. The Bertz CT molecular complexity index is 388. The second-order valence-electron chi connectivity index (χ2n) is 4.62. The van der Waals surface area contributed by atoms with E-state index >= 15 is 0 Å². The van der Waals surface area contributed by atoms with Crippen LogP contribution in [-0.2, 0) is 11.2 Å². The number of hydrogen-bond donors (Lipinski definition) is 0. The van der Waals surface area contributed by atoms with Crippen molar-refractivity contribution in [1.82, 2.24) is 0 Å². The molecule has 0 aliphatic heterocycles. The summed E-state index contributed by atoms with van der Waals surface area (Å²) >= 11 is 7.59. The van der Waals surface area contributed by atoms with Crippen LogP contribution in [0, 0.1) is 17.8 Å². The van der Waals surface area contributed by atoms with Crippen molar-refractivity contribution in [3.63, 3.8) is 0 Å². The van der Waals surface area contributed by atoms with Crippen LogP contribution in [0.15, 0.2) is 11.4 Å². The summed E-state index contributed by atoms with van der Waals surface area (Å²) in [6.45, 7) is 0. The average molecular weight is 241 g/mol. The van der Waals surface area contributed by atoms with Crippen molar-refractivity contribution in [1.29, 1.82) is 0 Å². The lowest BCUT2D eigenvalue weighted by Gasteiger charge is -2.01. The number of rotatable bonds is 3. The first-order chi connectivity index (χ1) is 7.27. The van der Waals surface area contributed by atoms with Crippen LogP contribution in [0.1, 0.15) is 24.1 Å². The molecule has 2 fully saturated rings. The molecule has 2 unspecified atom stereocenters. The molecule has 2 aliphatic rings. The molecule has 3 heteroatoms. The number of carbonyl (C=O) groups is 1.